The minimum absolute atomic E-state index is 0.137. The number of rotatable bonds is 6. The quantitative estimate of drug-likeness (QED) is 0.117. The Labute approximate surface area is 438 Å². The number of amides is 3. The smallest absolute Gasteiger partial charge is 0.425 e. The molecule has 0 aliphatic carbocycles. The first-order valence-electron chi connectivity index (χ1n) is 25.3. The van der Waals surface area contributed by atoms with E-state index < -0.39 is 165 Å². The molecule has 2 bridgehead atoms. The number of esters is 1. The lowest BCUT2D eigenvalue weighted by Crippen LogP contribution is -2.64. The molecule has 19 atom stereocenters. The highest BCUT2D eigenvalue weighted by atomic mass is 16.7. The summed E-state index contributed by atoms with van der Waals surface area (Å²) < 4.78 is 28.3. The zero-order valence-electron chi connectivity index (χ0n) is 43.5. The molecule has 0 saturated carbocycles. The topological polar surface area (TPSA) is 365 Å². The molecule has 3 aliphatic heterocycles. The molecule has 3 aliphatic rings. The third kappa shape index (κ3) is 22.4. The van der Waals surface area contributed by atoms with Gasteiger partial charge < -0.3 is 85.4 Å². The maximum atomic E-state index is 13.7. The molecule has 3 heterocycles. The van der Waals surface area contributed by atoms with Crippen LogP contribution in [0.1, 0.15) is 79.1 Å². The highest BCUT2D eigenvalue weighted by molar-refractivity contribution is 5.82. The first-order chi connectivity index (χ1) is 35.5. The number of methoxy groups -OCH3 is 1. The standard InChI is InChI=1S/C52H82N4O19/c1-30-19-17-15-13-11-9-7-8-10-12-14-16-18-20-37(74-50-48(67)45(47(66)33(4)73-50)54-42(63)29-53-5)26-41-44(49(68)55-56-51(69)71-6)40(62)28-52(70,75-41)27-36(59)24-39(61)38(60)22-21-34(57)23-35(58)25-43(64)72-32(3)31(2)46(30)65/h7-20,30-41,44-48,50,53,57-62,65-67,70H,21-29H2,1-6H3,(H,54,63)(H,55,68)(H,56,69)/b8-7+,11-9+,12-10+,15-13+,16-14+,19-17+,20-18+/t30-,31-,32-,33+,34+,35+,36-,37-,38+,39+,40-,41-,44+,45-,46+,47+,48-,50-,52+/m0/s1. The molecule has 2 fully saturated rings. The monoisotopic (exact) mass is 1070 g/mol. The van der Waals surface area contributed by atoms with E-state index >= 15 is 0 Å². The predicted octanol–water partition coefficient (Wildman–Crippen LogP) is -0.609. The van der Waals surface area contributed by atoms with Crippen LogP contribution in [0.15, 0.2) is 85.1 Å². The van der Waals surface area contributed by atoms with Crippen molar-refractivity contribution in [3.63, 3.8) is 0 Å². The number of aliphatic hydroxyl groups excluding tert-OH is 9. The lowest BCUT2D eigenvalue weighted by Gasteiger charge is -2.46. The van der Waals surface area contributed by atoms with Crippen molar-refractivity contribution in [1.29, 1.82) is 0 Å². The van der Waals surface area contributed by atoms with Crippen LogP contribution >= 0.6 is 0 Å². The van der Waals surface area contributed by atoms with E-state index in [0.717, 1.165) is 7.11 Å². The molecular formula is C52H82N4O19. The molecule has 75 heavy (non-hydrogen) atoms. The number of nitrogens with one attached hydrogen (secondary N) is 4. The molecule has 424 valence electrons. The van der Waals surface area contributed by atoms with Crippen LogP contribution in [-0.4, -0.2) is 193 Å². The van der Waals surface area contributed by atoms with Gasteiger partial charge in [0.15, 0.2) is 12.1 Å². The number of ether oxygens (including phenoxy) is 5. The predicted molar refractivity (Wildman–Crippen MR) is 271 cm³/mol. The van der Waals surface area contributed by atoms with Crippen molar-refractivity contribution in [2.75, 3.05) is 20.7 Å². The van der Waals surface area contributed by atoms with Crippen molar-refractivity contribution in [2.45, 2.75) is 177 Å². The minimum Gasteiger partial charge on any atom is -0.462 e. The average Bonchev–Trinajstić information content (AvgIpc) is 3.33. The van der Waals surface area contributed by atoms with E-state index in [0.29, 0.717) is 0 Å². The van der Waals surface area contributed by atoms with Crippen LogP contribution in [0.25, 0.3) is 0 Å². The molecule has 0 unspecified atom stereocenters. The van der Waals surface area contributed by atoms with Crippen molar-refractivity contribution in [1.82, 2.24) is 21.5 Å². The normalized spacial score (nSPS) is 40.7. The Morgan fingerprint density at radius 1 is 0.680 bits per heavy atom. The molecule has 0 aromatic rings. The fourth-order valence-corrected chi connectivity index (χ4v) is 8.77. The molecule has 3 amide bonds. The molecule has 0 spiro atoms. The van der Waals surface area contributed by atoms with Gasteiger partial charge in [-0.2, -0.15) is 0 Å². The number of allylic oxidation sites excluding steroid dienone is 12. The van der Waals surface area contributed by atoms with E-state index in [2.05, 4.69) is 20.8 Å². The number of hydrazine groups is 1. The van der Waals surface area contributed by atoms with E-state index in [1.54, 1.807) is 86.8 Å². The van der Waals surface area contributed by atoms with Gasteiger partial charge in [-0.15, -0.1) is 0 Å². The summed E-state index contributed by atoms with van der Waals surface area (Å²) in [7, 11) is 2.58. The van der Waals surface area contributed by atoms with E-state index in [1.807, 2.05) is 18.4 Å². The number of hydrogen-bond acceptors (Lipinski definition) is 20. The molecule has 14 N–H and O–H groups in total. The molecule has 23 heteroatoms. The summed E-state index contributed by atoms with van der Waals surface area (Å²) in [4.78, 5) is 50.9. The molecule has 3 rings (SSSR count). The van der Waals surface area contributed by atoms with Crippen molar-refractivity contribution in [2.24, 2.45) is 17.8 Å². The lowest BCUT2D eigenvalue weighted by atomic mass is 9.82. The van der Waals surface area contributed by atoms with Gasteiger partial charge in [0.25, 0.3) is 0 Å². The zero-order chi connectivity index (χ0) is 55.8. The third-order valence-corrected chi connectivity index (χ3v) is 13.1. The molecule has 23 nitrogen and oxygen atoms in total. The molecule has 0 radical (unpaired) electrons. The zero-order valence-corrected chi connectivity index (χ0v) is 43.5. The summed E-state index contributed by atoms with van der Waals surface area (Å²) in [6.07, 6.45) is 0.761. The van der Waals surface area contributed by atoms with Gasteiger partial charge in [-0.05, 0) is 40.2 Å². The second-order valence-corrected chi connectivity index (χ2v) is 19.4. The number of fused-ring (bicyclic) bond motifs is 2. The van der Waals surface area contributed by atoms with E-state index in [1.165, 1.54) is 20.0 Å². The van der Waals surface area contributed by atoms with Crippen LogP contribution in [0.5, 0.6) is 0 Å². The fraction of sp³-hybridized carbons (Fsp3) is 0.654. The van der Waals surface area contributed by atoms with Crippen molar-refractivity contribution < 1.29 is 93.9 Å². The van der Waals surface area contributed by atoms with Gasteiger partial charge in [-0.1, -0.05) is 98.9 Å². The Bertz CT molecular complexity index is 1980. The van der Waals surface area contributed by atoms with Crippen LogP contribution in [0.3, 0.4) is 0 Å². The van der Waals surface area contributed by atoms with Gasteiger partial charge in [0.1, 0.15) is 18.3 Å². The molecule has 0 aromatic carbocycles. The van der Waals surface area contributed by atoms with E-state index in [-0.39, 0.29) is 31.7 Å². The summed E-state index contributed by atoms with van der Waals surface area (Å²) in [5.74, 6) is -7.03. The van der Waals surface area contributed by atoms with Crippen LogP contribution in [0, 0.1) is 17.8 Å². The molecule has 2 saturated heterocycles. The van der Waals surface area contributed by atoms with Gasteiger partial charge in [-0.3, -0.25) is 19.8 Å². The third-order valence-electron chi connectivity index (χ3n) is 13.1. The molecular weight excluding hydrogens is 985 g/mol. The second-order valence-electron chi connectivity index (χ2n) is 19.4. The number of carbonyl (C=O) groups excluding carboxylic acids is 4. The first-order valence-corrected chi connectivity index (χ1v) is 25.3. The number of aliphatic hydroxyl groups is 10. The Kier molecular flexibility index (Phi) is 28.2. The van der Waals surface area contributed by atoms with E-state index in [4.69, 9.17) is 18.9 Å². The van der Waals surface area contributed by atoms with Crippen LogP contribution in [0.4, 0.5) is 4.79 Å². The fourth-order valence-electron chi connectivity index (χ4n) is 8.77. The van der Waals surface area contributed by atoms with Crippen molar-refractivity contribution in [3.8, 4) is 0 Å². The van der Waals surface area contributed by atoms with Crippen molar-refractivity contribution in [3.05, 3.63) is 85.1 Å². The minimum atomic E-state index is -2.41. The Balaban J connectivity index is 1.99. The maximum absolute atomic E-state index is 13.7. The summed E-state index contributed by atoms with van der Waals surface area (Å²) in [5, 5.41) is 116. The van der Waals surface area contributed by atoms with Crippen LogP contribution in [-0.2, 0) is 38.1 Å². The van der Waals surface area contributed by atoms with Crippen LogP contribution < -0.4 is 21.5 Å². The van der Waals surface area contributed by atoms with Gasteiger partial charge in [0.05, 0.1) is 93.1 Å². The Morgan fingerprint density at radius 2 is 1.28 bits per heavy atom. The number of carbonyl (C=O) groups is 4. The van der Waals surface area contributed by atoms with Gasteiger partial charge in [0.2, 0.25) is 11.8 Å². The molecule has 0 aromatic heterocycles. The van der Waals surface area contributed by atoms with Gasteiger partial charge >= 0.3 is 12.1 Å². The Hall–Kier alpha value is -4.70. The second kappa shape index (κ2) is 32.8. The number of cyclic esters (lactones) is 1. The van der Waals surface area contributed by atoms with E-state index in [9.17, 15) is 70.2 Å². The lowest BCUT2D eigenvalue weighted by molar-refractivity contribution is -0.307. The van der Waals surface area contributed by atoms with Crippen LogP contribution in [0.2, 0.25) is 0 Å². The average molecular weight is 1070 g/mol. The summed E-state index contributed by atoms with van der Waals surface area (Å²) in [5.41, 5.74) is 4.16. The summed E-state index contributed by atoms with van der Waals surface area (Å²) in [6.45, 7) is 6.54. The largest absolute Gasteiger partial charge is 0.462 e. The highest BCUT2D eigenvalue weighted by Crippen LogP contribution is 2.38. The van der Waals surface area contributed by atoms with Gasteiger partial charge in [0, 0.05) is 37.5 Å². The highest BCUT2D eigenvalue weighted by Gasteiger charge is 2.51. The Morgan fingerprint density at radius 3 is 1.88 bits per heavy atom. The van der Waals surface area contributed by atoms with Gasteiger partial charge in [-0.25, -0.2) is 10.2 Å². The maximum Gasteiger partial charge on any atom is 0.425 e. The number of likely N-dealkylation sites (N-methyl/N-ethyl adjacent to an activating group) is 1. The number of hydrogen-bond donors (Lipinski definition) is 14. The van der Waals surface area contributed by atoms with Crippen molar-refractivity contribution >= 4 is 23.9 Å². The SMILES string of the molecule is CNCC(=O)N[C@@H]1[C@H](O)[C@H](O[C@H]2/C=C/C=C/C=C/C=C/C=C/C=C/C=C/[C@H](C)[C@@H](O)[C@@H](C)[C@H](C)OC(=O)C[C@H](O)C[C@H](O)CC[C@@H](O)[C@H](O)C[C@H](O)C[C@]3(O)C[C@H](O)[C@@H](C(=O)NNC(=O)OC)[C@H](C2)O3)O[C@H](C)[C@H]1O. The first kappa shape index (κ1) is 64.6. The summed E-state index contributed by atoms with van der Waals surface area (Å²) >= 11 is 0. The summed E-state index contributed by atoms with van der Waals surface area (Å²) in [6, 6.07) is -1.27.